The van der Waals surface area contributed by atoms with E-state index in [0.717, 1.165) is 5.56 Å². The molecule has 5 heteroatoms. The minimum absolute atomic E-state index is 0.151. The highest BCUT2D eigenvalue weighted by Gasteiger charge is 2.19. The normalized spacial score (nSPS) is 10.8. The van der Waals surface area contributed by atoms with Crippen LogP contribution < -0.4 is 0 Å². The molecule has 0 saturated carbocycles. The lowest BCUT2D eigenvalue weighted by molar-refractivity contribution is 0.0690. The molecule has 3 rings (SSSR count). The number of nitrogens with zero attached hydrogens (tertiary/aromatic N) is 2. The van der Waals surface area contributed by atoms with Crippen LogP contribution in [-0.4, -0.2) is 20.5 Å². The number of halogens is 1. The fourth-order valence-corrected chi connectivity index (χ4v) is 2.14. The van der Waals surface area contributed by atoms with Crippen molar-refractivity contribution in [3.05, 3.63) is 59.4 Å². The van der Waals surface area contributed by atoms with Crippen LogP contribution in [-0.2, 0) is 0 Å². The molecule has 0 spiro atoms. The second kappa shape index (κ2) is 4.40. The summed E-state index contributed by atoms with van der Waals surface area (Å²) in [4.78, 5) is 15.8. The van der Waals surface area contributed by atoms with Crippen molar-refractivity contribution in [2.45, 2.75) is 0 Å². The van der Waals surface area contributed by atoms with Gasteiger partial charge in [-0.25, -0.2) is 9.78 Å². The standard InChI is InChI=1S/C14H9ClN2O2/c15-10-6-4-9(5-7-10)12-13(14(18)19)17-8-2-1-3-11(17)16-12/h1-8H,(H,18,19). The van der Waals surface area contributed by atoms with Crippen molar-refractivity contribution in [1.82, 2.24) is 9.38 Å². The number of hydrogen-bond acceptors (Lipinski definition) is 2. The van der Waals surface area contributed by atoms with Gasteiger partial charge in [0.25, 0.3) is 0 Å². The number of carboxylic acids is 1. The Balaban J connectivity index is 2.31. The first kappa shape index (κ1) is 11.7. The molecule has 0 fully saturated rings. The van der Waals surface area contributed by atoms with E-state index < -0.39 is 5.97 Å². The molecule has 0 atom stereocenters. The topological polar surface area (TPSA) is 54.6 Å². The first-order valence-electron chi connectivity index (χ1n) is 5.63. The summed E-state index contributed by atoms with van der Waals surface area (Å²) in [5, 5.41) is 9.98. The second-order valence-electron chi connectivity index (χ2n) is 4.05. The van der Waals surface area contributed by atoms with E-state index in [1.54, 1.807) is 47.0 Å². The molecule has 1 aromatic carbocycles. The maximum absolute atomic E-state index is 11.5. The molecule has 0 unspecified atom stereocenters. The van der Waals surface area contributed by atoms with Gasteiger partial charge in [0.2, 0.25) is 0 Å². The molecular weight excluding hydrogens is 264 g/mol. The van der Waals surface area contributed by atoms with Crippen LogP contribution in [0.5, 0.6) is 0 Å². The Morgan fingerprint density at radius 2 is 1.89 bits per heavy atom. The number of aromatic nitrogens is 2. The average molecular weight is 273 g/mol. The molecule has 4 nitrogen and oxygen atoms in total. The summed E-state index contributed by atoms with van der Waals surface area (Å²) >= 11 is 5.84. The summed E-state index contributed by atoms with van der Waals surface area (Å²) < 4.78 is 1.56. The predicted molar refractivity (Wildman–Crippen MR) is 72.6 cm³/mol. The zero-order valence-electron chi connectivity index (χ0n) is 9.75. The Labute approximate surface area is 113 Å². The van der Waals surface area contributed by atoms with Gasteiger partial charge in [-0.1, -0.05) is 29.8 Å². The van der Waals surface area contributed by atoms with Gasteiger partial charge in [-0.2, -0.15) is 0 Å². The molecule has 2 aromatic heterocycles. The van der Waals surface area contributed by atoms with Crippen molar-refractivity contribution >= 4 is 23.2 Å². The van der Waals surface area contributed by atoms with Crippen LogP contribution in [0.15, 0.2) is 48.7 Å². The van der Waals surface area contributed by atoms with Gasteiger partial charge in [0.15, 0.2) is 5.69 Å². The Kier molecular flexibility index (Phi) is 2.72. The van der Waals surface area contributed by atoms with Crippen LogP contribution in [0.3, 0.4) is 0 Å². The zero-order valence-corrected chi connectivity index (χ0v) is 10.5. The number of rotatable bonds is 2. The van der Waals surface area contributed by atoms with Gasteiger partial charge in [-0.15, -0.1) is 0 Å². The Morgan fingerprint density at radius 1 is 1.16 bits per heavy atom. The van der Waals surface area contributed by atoms with Crippen LogP contribution in [0.4, 0.5) is 0 Å². The van der Waals surface area contributed by atoms with Gasteiger partial charge in [0.05, 0.1) is 0 Å². The molecule has 0 bridgehead atoms. The van der Waals surface area contributed by atoms with Crippen LogP contribution in [0, 0.1) is 0 Å². The summed E-state index contributed by atoms with van der Waals surface area (Å²) in [5.41, 5.74) is 1.92. The number of carboxylic acid groups (broad SMARTS) is 1. The van der Waals surface area contributed by atoms with Gasteiger partial charge >= 0.3 is 5.97 Å². The number of imidazole rings is 1. The zero-order chi connectivity index (χ0) is 13.4. The highest BCUT2D eigenvalue weighted by atomic mass is 35.5. The molecule has 0 amide bonds. The summed E-state index contributed by atoms with van der Waals surface area (Å²) in [5.74, 6) is -1.01. The number of pyridine rings is 1. The van der Waals surface area contributed by atoms with Crippen molar-refractivity contribution in [2.24, 2.45) is 0 Å². The Hall–Kier alpha value is -2.33. The molecule has 2 heterocycles. The second-order valence-corrected chi connectivity index (χ2v) is 4.49. The summed E-state index contributed by atoms with van der Waals surface area (Å²) in [6.07, 6.45) is 1.69. The molecule has 3 aromatic rings. The third kappa shape index (κ3) is 1.96. The molecule has 0 aliphatic rings. The largest absolute Gasteiger partial charge is 0.476 e. The first-order valence-corrected chi connectivity index (χ1v) is 6.01. The van der Waals surface area contributed by atoms with Crippen LogP contribution >= 0.6 is 11.6 Å². The first-order chi connectivity index (χ1) is 9.16. The molecule has 0 aliphatic carbocycles. The van der Waals surface area contributed by atoms with Crippen LogP contribution in [0.25, 0.3) is 16.9 Å². The van der Waals surface area contributed by atoms with Crippen LogP contribution in [0.2, 0.25) is 5.02 Å². The molecule has 0 saturated heterocycles. The van der Waals surface area contributed by atoms with Crippen molar-refractivity contribution in [1.29, 1.82) is 0 Å². The molecular formula is C14H9ClN2O2. The van der Waals surface area contributed by atoms with E-state index in [1.807, 2.05) is 6.07 Å². The Bertz CT molecular complexity index is 763. The minimum Gasteiger partial charge on any atom is -0.476 e. The van der Waals surface area contributed by atoms with Crippen molar-refractivity contribution in [2.75, 3.05) is 0 Å². The average Bonchev–Trinajstić information content (AvgIpc) is 2.78. The molecule has 1 N–H and O–H groups in total. The smallest absolute Gasteiger partial charge is 0.355 e. The third-order valence-electron chi connectivity index (χ3n) is 2.85. The van der Waals surface area contributed by atoms with E-state index in [1.165, 1.54) is 0 Å². The van der Waals surface area contributed by atoms with Gasteiger partial charge in [-0.3, -0.25) is 4.40 Å². The number of carbonyl (C=O) groups is 1. The van der Waals surface area contributed by atoms with Gasteiger partial charge < -0.3 is 5.11 Å². The predicted octanol–water partition coefficient (Wildman–Crippen LogP) is 3.35. The van der Waals surface area contributed by atoms with E-state index in [-0.39, 0.29) is 5.69 Å². The van der Waals surface area contributed by atoms with Gasteiger partial charge in [-0.05, 0) is 24.3 Å². The number of aromatic carboxylic acids is 1. The van der Waals surface area contributed by atoms with Crippen LogP contribution in [0.1, 0.15) is 10.5 Å². The van der Waals surface area contributed by atoms with E-state index in [0.29, 0.717) is 16.4 Å². The monoisotopic (exact) mass is 272 g/mol. The Morgan fingerprint density at radius 3 is 2.58 bits per heavy atom. The highest BCUT2D eigenvalue weighted by Crippen LogP contribution is 2.25. The minimum atomic E-state index is -1.01. The maximum Gasteiger partial charge on any atom is 0.355 e. The molecule has 0 aliphatic heterocycles. The van der Waals surface area contributed by atoms with Gasteiger partial charge in [0, 0.05) is 16.8 Å². The fourth-order valence-electron chi connectivity index (χ4n) is 2.01. The molecule has 19 heavy (non-hydrogen) atoms. The van der Waals surface area contributed by atoms with E-state index in [2.05, 4.69) is 4.98 Å². The van der Waals surface area contributed by atoms with Crippen molar-refractivity contribution < 1.29 is 9.90 Å². The summed E-state index contributed by atoms with van der Waals surface area (Å²) in [6, 6.07) is 12.3. The SMILES string of the molecule is O=C(O)c1c(-c2ccc(Cl)cc2)nc2ccccn12. The quantitative estimate of drug-likeness (QED) is 0.778. The van der Waals surface area contributed by atoms with E-state index in [4.69, 9.17) is 11.6 Å². The van der Waals surface area contributed by atoms with Crippen molar-refractivity contribution in [3.63, 3.8) is 0 Å². The highest BCUT2D eigenvalue weighted by molar-refractivity contribution is 6.30. The van der Waals surface area contributed by atoms with E-state index >= 15 is 0 Å². The third-order valence-corrected chi connectivity index (χ3v) is 3.10. The maximum atomic E-state index is 11.5. The molecule has 94 valence electrons. The fraction of sp³-hybridized carbons (Fsp3) is 0. The lowest BCUT2D eigenvalue weighted by Gasteiger charge is -2.00. The van der Waals surface area contributed by atoms with Gasteiger partial charge in [0.1, 0.15) is 11.3 Å². The van der Waals surface area contributed by atoms with Crippen molar-refractivity contribution in [3.8, 4) is 11.3 Å². The lowest BCUT2D eigenvalue weighted by Crippen LogP contribution is -2.03. The summed E-state index contributed by atoms with van der Waals surface area (Å²) in [6.45, 7) is 0. The lowest BCUT2D eigenvalue weighted by atomic mass is 10.1. The number of fused-ring (bicyclic) bond motifs is 1. The number of hydrogen-bond donors (Lipinski definition) is 1. The summed E-state index contributed by atoms with van der Waals surface area (Å²) in [7, 11) is 0. The molecule has 0 radical (unpaired) electrons. The number of benzene rings is 1. The van der Waals surface area contributed by atoms with E-state index in [9.17, 15) is 9.90 Å².